The zero-order valence-corrected chi connectivity index (χ0v) is 18.8. The number of anilines is 1. The van der Waals surface area contributed by atoms with Crippen molar-refractivity contribution in [2.24, 2.45) is 0 Å². The van der Waals surface area contributed by atoms with E-state index < -0.39 is 11.6 Å². The largest absolute Gasteiger partial charge is 0.356 e. The minimum Gasteiger partial charge on any atom is -0.356 e. The van der Waals surface area contributed by atoms with Crippen LogP contribution in [-0.4, -0.2) is 39.5 Å². The second-order valence-electron chi connectivity index (χ2n) is 8.81. The van der Waals surface area contributed by atoms with E-state index in [1.54, 1.807) is 6.07 Å². The predicted octanol–water partition coefficient (Wildman–Crippen LogP) is 5.28. The number of aromatic nitrogens is 4. The van der Waals surface area contributed by atoms with Crippen LogP contribution < -0.4 is 4.90 Å². The van der Waals surface area contributed by atoms with Crippen LogP contribution in [0.5, 0.6) is 0 Å². The fourth-order valence-corrected chi connectivity index (χ4v) is 4.37. The molecule has 4 aromatic rings. The molecular weight excluding hydrogens is 440 g/mol. The van der Waals surface area contributed by atoms with Crippen molar-refractivity contribution in [1.82, 2.24) is 20.1 Å². The van der Waals surface area contributed by atoms with Gasteiger partial charge in [-0.1, -0.05) is 25.1 Å². The van der Waals surface area contributed by atoms with Gasteiger partial charge in [0.05, 0.1) is 11.1 Å². The number of rotatable bonds is 5. The Labute approximate surface area is 194 Å². The lowest BCUT2D eigenvalue weighted by Crippen LogP contribution is -2.33. The highest BCUT2D eigenvalue weighted by molar-refractivity contribution is 5.99. The van der Waals surface area contributed by atoms with Crippen LogP contribution in [0.3, 0.4) is 0 Å². The van der Waals surface area contributed by atoms with Gasteiger partial charge in [-0.05, 0) is 42.7 Å². The summed E-state index contributed by atoms with van der Waals surface area (Å²) in [7, 11) is 0. The van der Waals surface area contributed by atoms with E-state index in [4.69, 9.17) is 4.52 Å². The summed E-state index contributed by atoms with van der Waals surface area (Å²) in [5, 5.41) is 4.62. The van der Waals surface area contributed by atoms with Crippen molar-refractivity contribution in [1.29, 1.82) is 0 Å². The van der Waals surface area contributed by atoms with Crippen molar-refractivity contribution in [2.45, 2.75) is 38.5 Å². The van der Waals surface area contributed by atoms with E-state index >= 15 is 0 Å². The summed E-state index contributed by atoms with van der Waals surface area (Å²) >= 11 is 0. The zero-order chi connectivity index (χ0) is 23.8. The van der Waals surface area contributed by atoms with Crippen LogP contribution in [0.15, 0.2) is 41.2 Å². The van der Waals surface area contributed by atoms with Crippen molar-refractivity contribution in [3.05, 3.63) is 65.6 Å². The molecule has 0 unspecified atom stereocenters. The van der Waals surface area contributed by atoms with Crippen LogP contribution in [0.1, 0.15) is 60.6 Å². The fourth-order valence-electron chi connectivity index (χ4n) is 4.37. The molecule has 9 heteroatoms. The van der Waals surface area contributed by atoms with E-state index in [9.17, 15) is 13.6 Å². The molecule has 0 spiro atoms. The Bertz CT molecular complexity index is 1360. The zero-order valence-electron chi connectivity index (χ0n) is 18.8. The Morgan fingerprint density at radius 2 is 1.91 bits per heavy atom. The molecule has 174 valence electrons. The second-order valence-corrected chi connectivity index (χ2v) is 8.81. The van der Waals surface area contributed by atoms with Gasteiger partial charge in [0.1, 0.15) is 23.8 Å². The molecule has 5 rings (SSSR count). The van der Waals surface area contributed by atoms with Gasteiger partial charge in [0.2, 0.25) is 5.89 Å². The van der Waals surface area contributed by atoms with Gasteiger partial charge in [0.15, 0.2) is 12.1 Å². The third-order valence-corrected chi connectivity index (χ3v) is 6.24. The quantitative estimate of drug-likeness (QED) is 0.372. The van der Waals surface area contributed by atoms with Gasteiger partial charge in [0.25, 0.3) is 0 Å². The minimum atomic E-state index is -0.664. The molecule has 7 nitrogen and oxygen atoms in total. The fraction of sp³-hybridized carbons (Fsp3) is 0.320. The molecule has 0 radical (unpaired) electrons. The maximum Gasteiger partial charge on any atom is 0.229 e. The van der Waals surface area contributed by atoms with E-state index in [1.165, 1.54) is 30.6 Å². The van der Waals surface area contributed by atoms with Crippen LogP contribution >= 0.6 is 0 Å². The molecule has 0 atom stereocenters. The number of hydrogen-bond donors (Lipinski definition) is 0. The molecule has 3 heterocycles. The number of carbonyl (C=O) groups excluding carboxylic acids is 1. The van der Waals surface area contributed by atoms with E-state index in [-0.39, 0.29) is 17.4 Å². The summed E-state index contributed by atoms with van der Waals surface area (Å²) in [5.74, 6) is 1.23. The standard InChI is InChI=1S/C25H23F2N5O2/c1-14(2)23-30-25(34-31-23)15-5-7-32(8-6-15)24-20-11-18(26)10-19(22(20)28-13-29-24)16-3-4-17(12-33)21(27)9-16/h3-4,9-15H,5-8H2,1-2H3. The first-order chi connectivity index (χ1) is 16.4. The molecule has 0 aliphatic carbocycles. The number of nitrogens with zero attached hydrogens (tertiary/aromatic N) is 5. The van der Waals surface area contributed by atoms with Crippen molar-refractivity contribution in [2.75, 3.05) is 18.0 Å². The van der Waals surface area contributed by atoms with Crippen molar-refractivity contribution in [3.8, 4) is 11.1 Å². The Morgan fingerprint density at radius 1 is 1.12 bits per heavy atom. The van der Waals surface area contributed by atoms with Gasteiger partial charge in [-0.15, -0.1) is 0 Å². The molecule has 0 saturated carbocycles. The molecule has 1 fully saturated rings. The van der Waals surface area contributed by atoms with Crippen molar-refractivity contribution < 1.29 is 18.1 Å². The molecular formula is C25H23F2N5O2. The third-order valence-electron chi connectivity index (χ3n) is 6.24. The van der Waals surface area contributed by atoms with Gasteiger partial charge in [-0.2, -0.15) is 4.98 Å². The highest BCUT2D eigenvalue weighted by Gasteiger charge is 2.27. The van der Waals surface area contributed by atoms with Gasteiger partial charge < -0.3 is 9.42 Å². The third kappa shape index (κ3) is 4.02. The summed E-state index contributed by atoms with van der Waals surface area (Å²) in [5.41, 5.74) is 1.35. The minimum absolute atomic E-state index is 0.0515. The summed E-state index contributed by atoms with van der Waals surface area (Å²) in [6.45, 7) is 5.42. The monoisotopic (exact) mass is 463 g/mol. The Morgan fingerprint density at radius 3 is 2.59 bits per heavy atom. The predicted molar refractivity (Wildman–Crippen MR) is 123 cm³/mol. The first-order valence-electron chi connectivity index (χ1n) is 11.2. The summed E-state index contributed by atoms with van der Waals surface area (Å²) in [4.78, 5) is 26.4. The number of hydrogen-bond acceptors (Lipinski definition) is 7. The number of benzene rings is 2. The van der Waals surface area contributed by atoms with E-state index in [0.717, 1.165) is 12.8 Å². The number of piperidine rings is 1. The Kier molecular flexibility index (Phi) is 5.77. The Hall–Kier alpha value is -3.75. The lowest BCUT2D eigenvalue weighted by atomic mass is 9.96. The topological polar surface area (TPSA) is 85.0 Å². The number of fused-ring (bicyclic) bond motifs is 1. The SMILES string of the molecule is CC(C)c1noc(C2CCN(c3ncnc4c(-c5ccc(C=O)c(F)c5)cc(F)cc34)CC2)n1. The number of halogens is 2. The highest BCUT2D eigenvalue weighted by atomic mass is 19.1. The van der Waals surface area contributed by atoms with Gasteiger partial charge >= 0.3 is 0 Å². The van der Waals surface area contributed by atoms with E-state index in [0.29, 0.717) is 58.9 Å². The summed E-state index contributed by atoms with van der Waals surface area (Å²) in [6, 6.07) is 6.92. The van der Waals surface area contributed by atoms with Crippen LogP contribution in [0, 0.1) is 11.6 Å². The lowest BCUT2D eigenvalue weighted by molar-refractivity contribution is 0.112. The maximum absolute atomic E-state index is 14.7. The van der Waals surface area contributed by atoms with Crippen LogP contribution in [0.4, 0.5) is 14.6 Å². The number of carbonyl (C=O) groups is 1. The van der Waals surface area contributed by atoms with Gasteiger partial charge in [-0.25, -0.2) is 18.7 Å². The molecule has 1 saturated heterocycles. The molecule has 0 bridgehead atoms. The number of aldehydes is 1. The molecule has 0 N–H and O–H groups in total. The Balaban J connectivity index is 1.46. The molecule has 2 aromatic heterocycles. The maximum atomic E-state index is 14.7. The average Bonchev–Trinajstić information content (AvgIpc) is 3.34. The van der Waals surface area contributed by atoms with Gasteiger partial charge in [0, 0.05) is 35.9 Å². The van der Waals surface area contributed by atoms with Crippen LogP contribution in [0.2, 0.25) is 0 Å². The molecule has 2 aromatic carbocycles. The first kappa shape index (κ1) is 22.1. The van der Waals surface area contributed by atoms with Crippen molar-refractivity contribution >= 4 is 23.0 Å². The normalized spacial score (nSPS) is 14.8. The first-order valence-corrected chi connectivity index (χ1v) is 11.2. The smallest absolute Gasteiger partial charge is 0.229 e. The molecule has 0 amide bonds. The summed E-state index contributed by atoms with van der Waals surface area (Å²) in [6.07, 6.45) is 3.48. The highest BCUT2D eigenvalue weighted by Crippen LogP contribution is 2.36. The molecule has 1 aliphatic rings. The lowest BCUT2D eigenvalue weighted by Gasteiger charge is -2.32. The van der Waals surface area contributed by atoms with E-state index in [1.807, 2.05) is 13.8 Å². The molecule has 34 heavy (non-hydrogen) atoms. The van der Waals surface area contributed by atoms with Crippen molar-refractivity contribution in [3.63, 3.8) is 0 Å². The average molecular weight is 463 g/mol. The van der Waals surface area contributed by atoms with Gasteiger partial charge in [-0.3, -0.25) is 4.79 Å². The molecule has 1 aliphatic heterocycles. The second kappa shape index (κ2) is 8.89. The van der Waals surface area contributed by atoms with Crippen LogP contribution in [-0.2, 0) is 0 Å². The van der Waals surface area contributed by atoms with Crippen LogP contribution in [0.25, 0.3) is 22.0 Å². The van der Waals surface area contributed by atoms with E-state index in [2.05, 4.69) is 25.0 Å². The summed E-state index contributed by atoms with van der Waals surface area (Å²) < 4.78 is 34.4.